The van der Waals surface area contributed by atoms with Crippen LogP contribution in [0.2, 0.25) is 0 Å². The topological polar surface area (TPSA) is 53.6 Å². The number of hydrogen-bond donors (Lipinski definition) is 2. The summed E-state index contributed by atoms with van der Waals surface area (Å²) in [5, 5.41) is 5.64. The third-order valence-electron chi connectivity index (χ3n) is 4.27. The molecule has 2 rings (SSSR count). The number of benzene rings is 1. The predicted molar refractivity (Wildman–Crippen MR) is 87.8 cm³/mol. The van der Waals surface area contributed by atoms with Gasteiger partial charge in [-0.15, -0.1) is 0 Å². The fraction of sp³-hybridized carbons (Fsp3) is 0.588. The highest BCUT2D eigenvalue weighted by Crippen LogP contribution is 2.21. The Morgan fingerprint density at radius 3 is 2.96 bits per heavy atom. The van der Waals surface area contributed by atoms with E-state index in [2.05, 4.69) is 15.5 Å². The Morgan fingerprint density at radius 1 is 1.46 bits per heavy atom. The molecule has 2 amide bonds. The van der Waals surface area contributed by atoms with Crippen molar-refractivity contribution in [3.63, 3.8) is 0 Å². The molecule has 1 aliphatic rings. The van der Waals surface area contributed by atoms with Gasteiger partial charge >= 0.3 is 6.03 Å². The molecule has 1 heterocycles. The molecule has 2 N–H and O–H groups in total. The summed E-state index contributed by atoms with van der Waals surface area (Å²) in [7, 11) is 1.66. The molecule has 5 nitrogen and oxygen atoms in total. The van der Waals surface area contributed by atoms with Gasteiger partial charge in [0.15, 0.2) is 0 Å². The van der Waals surface area contributed by atoms with Crippen molar-refractivity contribution in [2.24, 2.45) is 0 Å². The van der Waals surface area contributed by atoms with Gasteiger partial charge in [0.25, 0.3) is 0 Å². The summed E-state index contributed by atoms with van der Waals surface area (Å²) in [6.45, 7) is 4.99. The van der Waals surface area contributed by atoms with Gasteiger partial charge in [0.05, 0.1) is 12.6 Å². The van der Waals surface area contributed by atoms with E-state index in [-0.39, 0.29) is 17.6 Å². The summed E-state index contributed by atoms with van der Waals surface area (Å²) in [6.07, 6.45) is 1.33. The van der Waals surface area contributed by atoms with Crippen molar-refractivity contribution in [2.45, 2.75) is 31.8 Å². The van der Waals surface area contributed by atoms with E-state index in [4.69, 9.17) is 4.74 Å². The maximum absolute atomic E-state index is 13.9. The normalized spacial score (nSPS) is 19.2. The number of amides is 2. The lowest BCUT2D eigenvalue weighted by Gasteiger charge is -2.21. The van der Waals surface area contributed by atoms with Crippen LogP contribution >= 0.6 is 0 Å². The Hall–Kier alpha value is -1.73. The van der Waals surface area contributed by atoms with Crippen LogP contribution in [0.15, 0.2) is 18.2 Å². The molecule has 134 valence electrons. The first-order valence-electron chi connectivity index (χ1n) is 8.26. The fourth-order valence-corrected chi connectivity index (χ4v) is 2.94. The molecule has 0 aliphatic carbocycles. The zero-order valence-electron chi connectivity index (χ0n) is 14.1. The summed E-state index contributed by atoms with van der Waals surface area (Å²) in [6, 6.07) is 2.41. The molecule has 24 heavy (non-hydrogen) atoms. The number of nitrogens with one attached hydrogen (secondary N) is 2. The van der Waals surface area contributed by atoms with E-state index >= 15 is 0 Å². The highest BCUT2D eigenvalue weighted by Gasteiger charge is 2.25. The second-order valence-electron chi connectivity index (χ2n) is 6.02. The van der Waals surface area contributed by atoms with Crippen molar-refractivity contribution >= 4 is 6.03 Å². The summed E-state index contributed by atoms with van der Waals surface area (Å²) < 4.78 is 32.3. The molecular weight excluding hydrogens is 316 g/mol. The molecule has 1 aromatic rings. The van der Waals surface area contributed by atoms with Gasteiger partial charge in [-0.2, -0.15) is 0 Å². The lowest BCUT2D eigenvalue weighted by Crippen LogP contribution is -2.44. The van der Waals surface area contributed by atoms with Crippen molar-refractivity contribution in [3.8, 4) is 0 Å². The number of ether oxygens (including phenoxy) is 1. The number of halogens is 2. The molecule has 1 aromatic carbocycles. The van der Waals surface area contributed by atoms with Crippen LogP contribution in [0, 0.1) is 11.6 Å². The van der Waals surface area contributed by atoms with Gasteiger partial charge in [0.1, 0.15) is 11.6 Å². The van der Waals surface area contributed by atoms with Gasteiger partial charge in [-0.3, -0.25) is 4.90 Å². The van der Waals surface area contributed by atoms with E-state index in [9.17, 15) is 13.6 Å². The van der Waals surface area contributed by atoms with E-state index in [0.29, 0.717) is 13.0 Å². The molecule has 1 aliphatic heterocycles. The van der Waals surface area contributed by atoms with E-state index < -0.39 is 17.7 Å². The average Bonchev–Trinajstić information content (AvgIpc) is 3.00. The average molecular weight is 341 g/mol. The monoisotopic (exact) mass is 341 g/mol. The first-order valence-corrected chi connectivity index (χ1v) is 8.26. The van der Waals surface area contributed by atoms with Crippen molar-refractivity contribution in [1.82, 2.24) is 15.5 Å². The van der Waals surface area contributed by atoms with Crippen molar-refractivity contribution in [3.05, 3.63) is 35.4 Å². The van der Waals surface area contributed by atoms with Gasteiger partial charge in [0.2, 0.25) is 0 Å². The van der Waals surface area contributed by atoms with Crippen LogP contribution in [0.5, 0.6) is 0 Å². The number of nitrogens with zero attached hydrogens (tertiary/aromatic N) is 1. The van der Waals surface area contributed by atoms with E-state index in [1.807, 2.05) is 6.92 Å². The Kier molecular flexibility index (Phi) is 6.93. The first kappa shape index (κ1) is 18.6. The Bertz CT molecular complexity index is 557. The van der Waals surface area contributed by atoms with Gasteiger partial charge in [-0.1, -0.05) is 6.92 Å². The summed E-state index contributed by atoms with van der Waals surface area (Å²) >= 11 is 0. The molecule has 2 unspecified atom stereocenters. The van der Waals surface area contributed by atoms with Crippen LogP contribution in [-0.4, -0.2) is 50.3 Å². The third kappa shape index (κ3) is 5.14. The van der Waals surface area contributed by atoms with Gasteiger partial charge in [0, 0.05) is 38.3 Å². The molecule has 0 spiro atoms. The minimum absolute atomic E-state index is 0.0525. The van der Waals surface area contributed by atoms with E-state index in [1.54, 1.807) is 7.11 Å². The van der Waals surface area contributed by atoms with Crippen molar-refractivity contribution < 1.29 is 18.3 Å². The SMILES string of the molecule is CCC(NC(=O)NC1CCN(CCOC)C1)c1cc(F)ccc1F. The second-order valence-corrected chi connectivity index (χ2v) is 6.02. The molecule has 7 heteroatoms. The molecule has 0 radical (unpaired) electrons. The number of hydrogen-bond acceptors (Lipinski definition) is 3. The largest absolute Gasteiger partial charge is 0.383 e. The molecule has 1 saturated heterocycles. The quantitative estimate of drug-likeness (QED) is 0.801. The minimum atomic E-state index is -0.563. The van der Waals surface area contributed by atoms with Gasteiger partial charge in [-0.25, -0.2) is 13.6 Å². The van der Waals surface area contributed by atoms with Crippen LogP contribution in [0.25, 0.3) is 0 Å². The van der Waals surface area contributed by atoms with Crippen LogP contribution in [0.1, 0.15) is 31.4 Å². The number of carbonyl (C=O) groups excluding carboxylic acids is 1. The number of urea groups is 1. The van der Waals surface area contributed by atoms with Crippen LogP contribution < -0.4 is 10.6 Å². The summed E-state index contributed by atoms with van der Waals surface area (Å²) in [5.74, 6) is -1.04. The van der Waals surface area contributed by atoms with E-state index in [1.165, 1.54) is 0 Å². The third-order valence-corrected chi connectivity index (χ3v) is 4.27. The van der Waals surface area contributed by atoms with Crippen LogP contribution in [0.3, 0.4) is 0 Å². The maximum Gasteiger partial charge on any atom is 0.315 e. The molecule has 0 aromatic heterocycles. The fourth-order valence-electron chi connectivity index (χ4n) is 2.94. The zero-order chi connectivity index (χ0) is 17.5. The molecule has 0 bridgehead atoms. The Morgan fingerprint density at radius 2 is 2.25 bits per heavy atom. The molecule has 0 saturated carbocycles. The minimum Gasteiger partial charge on any atom is -0.383 e. The number of methoxy groups -OCH3 is 1. The van der Waals surface area contributed by atoms with Crippen molar-refractivity contribution in [1.29, 1.82) is 0 Å². The van der Waals surface area contributed by atoms with Crippen molar-refractivity contribution in [2.75, 3.05) is 33.4 Å². The summed E-state index contributed by atoms with van der Waals surface area (Å²) in [5.41, 5.74) is 0.167. The highest BCUT2D eigenvalue weighted by molar-refractivity contribution is 5.74. The summed E-state index contributed by atoms with van der Waals surface area (Å²) in [4.78, 5) is 14.4. The first-order chi connectivity index (χ1) is 11.5. The Labute approximate surface area is 141 Å². The lowest BCUT2D eigenvalue weighted by atomic mass is 10.0. The Balaban J connectivity index is 1.87. The maximum atomic E-state index is 13.9. The molecule has 1 fully saturated rings. The molecule has 2 atom stereocenters. The smallest absolute Gasteiger partial charge is 0.315 e. The van der Waals surface area contributed by atoms with Gasteiger partial charge < -0.3 is 15.4 Å². The second kappa shape index (κ2) is 8.94. The predicted octanol–water partition coefficient (Wildman–Crippen LogP) is 2.44. The van der Waals surface area contributed by atoms with Gasteiger partial charge in [-0.05, 0) is 31.0 Å². The number of likely N-dealkylation sites (tertiary alicyclic amines) is 1. The molecular formula is C17H25F2N3O2. The number of carbonyl (C=O) groups is 1. The van der Waals surface area contributed by atoms with E-state index in [0.717, 1.165) is 44.3 Å². The number of rotatable bonds is 7. The zero-order valence-corrected chi connectivity index (χ0v) is 14.1. The lowest BCUT2D eigenvalue weighted by molar-refractivity contribution is 0.159. The standard InChI is InChI=1S/C17H25F2N3O2/c1-3-16(14-10-12(18)4-5-15(14)19)21-17(23)20-13-6-7-22(11-13)8-9-24-2/h4-5,10,13,16H,3,6-9,11H2,1-2H3,(H2,20,21,23). The van der Waals surface area contributed by atoms with Crippen LogP contribution in [-0.2, 0) is 4.74 Å². The highest BCUT2D eigenvalue weighted by atomic mass is 19.1. The van der Waals surface area contributed by atoms with Crippen LogP contribution in [0.4, 0.5) is 13.6 Å².